The fraction of sp³-hybridized carbons (Fsp3) is 0.407. The number of hydrogen-bond acceptors (Lipinski definition) is 9. The number of carbonyl (C=O) groups excluding carboxylic acids is 1. The monoisotopic (exact) mass is 658 g/mol. The van der Waals surface area contributed by atoms with Gasteiger partial charge in [0, 0.05) is 47.1 Å². The van der Waals surface area contributed by atoms with Crippen LogP contribution in [-0.4, -0.2) is 59.2 Å². The predicted molar refractivity (Wildman–Crippen MR) is 152 cm³/mol. The molecule has 1 atom stereocenters. The second-order valence-electron chi connectivity index (χ2n) is 10.2. The third-order valence-electron chi connectivity index (χ3n) is 7.12. The van der Waals surface area contributed by atoms with E-state index in [-0.39, 0.29) is 5.92 Å². The Morgan fingerprint density at radius 3 is 2.65 bits per heavy atom. The minimum Gasteiger partial charge on any atom is -0.467 e. The van der Waals surface area contributed by atoms with Crippen LogP contribution in [0.3, 0.4) is 0 Å². The highest BCUT2D eigenvalue weighted by Crippen LogP contribution is 2.38. The van der Waals surface area contributed by atoms with E-state index in [0.717, 1.165) is 11.1 Å². The number of aromatic nitrogens is 2. The van der Waals surface area contributed by atoms with Gasteiger partial charge in [0.1, 0.15) is 17.0 Å². The van der Waals surface area contributed by atoms with Crippen molar-refractivity contribution in [3.63, 3.8) is 0 Å². The first-order valence-electron chi connectivity index (χ1n) is 13.1. The molecule has 2 aliphatic rings. The van der Waals surface area contributed by atoms with Gasteiger partial charge in [-0.25, -0.2) is 9.97 Å². The van der Waals surface area contributed by atoms with Crippen molar-refractivity contribution in [1.82, 2.24) is 14.9 Å². The van der Waals surface area contributed by atoms with Gasteiger partial charge in [-0.2, -0.15) is 21.6 Å². The fourth-order valence-corrected chi connectivity index (χ4v) is 6.97. The van der Waals surface area contributed by atoms with Crippen LogP contribution in [0.15, 0.2) is 40.9 Å². The van der Waals surface area contributed by atoms with Crippen LogP contribution in [-0.2, 0) is 31.7 Å². The molecular weight excluding hydrogens is 633 g/mol. The predicted octanol–water partition coefficient (Wildman–Crippen LogP) is 5.56. The molecule has 0 saturated carbocycles. The number of hydrogen-bond donors (Lipinski definition) is 1. The molecule has 0 spiro atoms. The summed E-state index contributed by atoms with van der Waals surface area (Å²) in [6, 6.07) is 6.87. The Bertz CT molecular complexity index is 1660. The van der Waals surface area contributed by atoms with Gasteiger partial charge in [-0.15, -0.1) is 11.3 Å². The molecule has 4 heterocycles. The SMILES string of the molecule is Cc1ccc(C(F)(F)F)c(OCC(=O)N2CCC(c3nc(C4=NOC(c5c(Cl)cccc5CS(=O)(=O)O)C4)cs3)CC2)n1. The normalized spacial score (nSPS) is 18.0. The van der Waals surface area contributed by atoms with Crippen LogP contribution in [0.1, 0.15) is 64.4 Å². The van der Waals surface area contributed by atoms with Gasteiger partial charge >= 0.3 is 6.18 Å². The molecule has 0 bridgehead atoms. The number of pyridine rings is 1. The number of rotatable bonds is 8. The van der Waals surface area contributed by atoms with Gasteiger partial charge < -0.3 is 14.5 Å². The number of piperidine rings is 1. The maximum atomic E-state index is 13.3. The summed E-state index contributed by atoms with van der Waals surface area (Å²) in [6.07, 6.45) is -3.78. The maximum absolute atomic E-state index is 13.3. The van der Waals surface area contributed by atoms with Gasteiger partial charge in [-0.1, -0.05) is 28.9 Å². The van der Waals surface area contributed by atoms with E-state index in [1.54, 1.807) is 23.1 Å². The first-order valence-corrected chi connectivity index (χ1v) is 16.0. The molecule has 1 unspecified atom stereocenters. The largest absolute Gasteiger partial charge is 0.467 e. The molecule has 2 aromatic heterocycles. The second-order valence-corrected chi connectivity index (χ2v) is 12.9. The van der Waals surface area contributed by atoms with Crippen LogP contribution in [0.5, 0.6) is 5.88 Å². The van der Waals surface area contributed by atoms with Crippen molar-refractivity contribution < 1.29 is 40.5 Å². The number of carbonyl (C=O) groups is 1. The standard InChI is InChI=1S/C27H26ClF3N4O6S2/c1-15-5-6-18(27(29,30)31)25(32-15)40-12-23(36)35-9-7-16(8-10-35)26-33-21(13-42-26)20-11-22(41-34-20)24-17(14-43(37,38)39)3-2-4-19(24)28/h2-6,13,16,22H,7-12,14H2,1H3,(H,37,38,39). The number of ether oxygens (including phenoxy) is 1. The molecule has 1 aromatic carbocycles. The van der Waals surface area contributed by atoms with E-state index in [9.17, 15) is 30.9 Å². The Balaban J connectivity index is 1.17. The number of benzene rings is 1. The van der Waals surface area contributed by atoms with Crippen LogP contribution in [0, 0.1) is 6.92 Å². The average molecular weight is 659 g/mol. The molecule has 43 heavy (non-hydrogen) atoms. The Hall–Kier alpha value is -3.27. The van der Waals surface area contributed by atoms with E-state index in [4.69, 9.17) is 26.2 Å². The second kappa shape index (κ2) is 12.4. The van der Waals surface area contributed by atoms with Crippen molar-refractivity contribution in [3.05, 3.63) is 73.8 Å². The smallest absolute Gasteiger partial charge is 0.421 e. The van der Waals surface area contributed by atoms with E-state index in [1.807, 2.05) is 5.38 Å². The lowest BCUT2D eigenvalue weighted by Gasteiger charge is -2.31. The molecule has 230 valence electrons. The molecule has 1 amide bonds. The van der Waals surface area contributed by atoms with Gasteiger partial charge in [0.15, 0.2) is 12.7 Å². The van der Waals surface area contributed by atoms with Crippen LogP contribution < -0.4 is 4.74 Å². The summed E-state index contributed by atoms with van der Waals surface area (Å²) in [5.74, 6) is -1.57. The van der Waals surface area contributed by atoms with Crippen LogP contribution in [0.25, 0.3) is 0 Å². The van der Waals surface area contributed by atoms with Crippen molar-refractivity contribution >= 4 is 44.7 Å². The molecule has 16 heteroatoms. The highest BCUT2D eigenvalue weighted by atomic mass is 35.5. The summed E-state index contributed by atoms with van der Waals surface area (Å²) in [6.45, 7) is 1.77. The molecule has 0 radical (unpaired) electrons. The lowest BCUT2D eigenvalue weighted by Crippen LogP contribution is -2.40. The summed E-state index contributed by atoms with van der Waals surface area (Å²) >= 11 is 7.80. The molecule has 3 aromatic rings. The van der Waals surface area contributed by atoms with Crippen LogP contribution in [0.4, 0.5) is 13.2 Å². The minimum atomic E-state index is -4.65. The molecule has 2 aliphatic heterocycles. The number of alkyl halides is 3. The van der Waals surface area contributed by atoms with Crippen molar-refractivity contribution in [2.24, 2.45) is 5.16 Å². The topological polar surface area (TPSA) is 131 Å². The summed E-state index contributed by atoms with van der Waals surface area (Å²) in [5.41, 5.74) is 1.25. The highest BCUT2D eigenvalue weighted by molar-refractivity contribution is 7.85. The summed E-state index contributed by atoms with van der Waals surface area (Å²) < 4.78 is 77.4. The Morgan fingerprint density at radius 1 is 1.21 bits per heavy atom. The van der Waals surface area contributed by atoms with Crippen LogP contribution >= 0.6 is 22.9 Å². The number of amides is 1. The van der Waals surface area contributed by atoms with E-state index >= 15 is 0 Å². The lowest BCUT2D eigenvalue weighted by molar-refractivity contribution is -0.141. The number of thiazole rings is 1. The Labute approximate surface area is 254 Å². The van der Waals surface area contributed by atoms with E-state index in [0.29, 0.717) is 65.6 Å². The van der Waals surface area contributed by atoms with E-state index in [2.05, 4.69) is 10.1 Å². The van der Waals surface area contributed by atoms with Crippen molar-refractivity contribution in [2.75, 3.05) is 19.7 Å². The van der Waals surface area contributed by atoms with Gasteiger partial charge in [-0.3, -0.25) is 9.35 Å². The lowest BCUT2D eigenvalue weighted by atomic mass is 9.97. The van der Waals surface area contributed by atoms with E-state index < -0.39 is 52.1 Å². The highest BCUT2D eigenvalue weighted by Gasteiger charge is 2.36. The molecule has 1 fully saturated rings. The number of aryl methyl sites for hydroxylation is 1. The molecule has 5 rings (SSSR count). The third-order valence-corrected chi connectivity index (χ3v) is 9.14. The molecule has 1 saturated heterocycles. The summed E-state index contributed by atoms with van der Waals surface area (Å²) in [4.78, 5) is 28.4. The average Bonchev–Trinajstić information content (AvgIpc) is 3.61. The van der Waals surface area contributed by atoms with Gasteiger partial charge in [0.05, 0.1) is 10.7 Å². The van der Waals surface area contributed by atoms with Gasteiger partial charge in [0.2, 0.25) is 5.88 Å². The van der Waals surface area contributed by atoms with Crippen molar-refractivity contribution in [1.29, 1.82) is 0 Å². The zero-order chi connectivity index (χ0) is 30.9. The zero-order valence-corrected chi connectivity index (χ0v) is 25.1. The number of halogens is 4. The summed E-state index contributed by atoms with van der Waals surface area (Å²) in [5, 5.41) is 7.16. The quantitative estimate of drug-likeness (QED) is 0.312. The first kappa shape index (κ1) is 31.2. The molecule has 0 aliphatic carbocycles. The first-order chi connectivity index (χ1) is 20.3. The number of nitrogens with zero attached hydrogens (tertiary/aromatic N) is 4. The minimum absolute atomic E-state index is 0.0719. The molecule has 1 N–H and O–H groups in total. The molecule has 10 nitrogen and oxygen atoms in total. The number of likely N-dealkylation sites (tertiary alicyclic amines) is 1. The Morgan fingerprint density at radius 2 is 1.95 bits per heavy atom. The van der Waals surface area contributed by atoms with Crippen molar-refractivity contribution in [3.8, 4) is 5.88 Å². The maximum Gasteiger partial charge on any atom is 0.421 e. The van der Waals surface area contributed by atoms with Crippen molar-refractivity contribution in [2.45, 2.75) is 50.1 Å². The van der Waals surface area contributed by atoms with E-state index in [1.165, 1.54) is 24.3 Å². The Kier molecular flexibility index (Phi) is 8.97. The zero-order valence-electron chi connectivity index (χ0n) is 22.7. The fourth-order valence-electron chi connectivity index (χ4n) is 5.01. The number of oxime groups is 1. The van der Waals surface area contributed by atoms with Gasteiger partial charge in [0.25, 0.3) is 16.0 Å². The third kappa shape index (κ3) is 7.45. The molecular formula is C27H26ClF3N4O6S2. The summed E-state index contributed by atoms with van der Waals surface area (Å²) in [7, 11) is -4.29. The van der Waals surface area contributed by atoms with Crippen LogP contribution in [0.2, 0.25) is 5.02 Å². The van der Waals surface area contributed by atoms with Gasteiger partial charge in [-0.05, 0) is 43.5 Å².